The van der Waals surface area contributed by atoms with Crippen LogP contribution in [-0.4, -0.2) is 22.5 Å². The number of aliphatic hydroxyl groups excluding tert-OH is 1. The normalized spacial score (nSPS) is 10.3. The molecule has 0 radical (unpaired) electrons. The summed E-state index contributed by atoms with van der Waals surface area (Å²) >= 11 is 5.66. The number of hydrogen-bond donors (Lipinski definition) is 2. The van der Waals surface area contributed by atoms with Gasteiger partial charge in [-0.05, 0) is 29.7 Å². The van der Waals surface area contributed by atoms with Crippen molar-refractivity contribution in [2.24, 2.45) is 0 Å². The summed E-state index contributed by atoms with van der Waals surface area (Å²) in [5.74, 6) is -0.166. The van der Waals surface area contributed by atoms with Crippen molar-refractivity contribution in [1.29, 1.82) is 0 Å². The van der Waals surface area contributed by atoms with Crippen molar-refractivity contribution in [2.45, 2.75) is 13.0 Å². The Morgan fingerprint density at radius 1 is 1.15 bits per heavy atom. The summed E-state index contributed by atoms with van der Waals surface area (Å²) < 4.78 is 0. The van der Waals surface area contributed by atoms with Crippen molar-refractivity contribution >= 4 is 17.5 Å². The zero-order chi connectivity index (χ0) is 14.4. The van der Waals surface area contributed by atoms with Gasteiger partial charge in [-0.3, -0.25) is 4.79 Å². The number of nitrogens with zero attached hydrogens (tertiary/aromatic N) is 1. The van der Waals surface area contributed by atoms with Crippen molar-refractivity contribution in [3.05, 3.63) is 64.4 Å². The molecule has 0 bridgehead atoms. The lowest BCUT2D eigenvalue weighted by Crippen LogP contribution is -2.25. The molecule has 2 rings (SSSR count). The second kappa shape index (κ2) is 7.03. The van der Waals surface area contributed by atoms with Gasteiger partial charge in [0, 0.05) is 12.7 Å². The Bertz CT molecular complexity index is 567. The summed E-state index contributed by atoms with van der Waals surface area (Å²) in [7, 11) is 0. The maximum atomic E-state index is 11.8. The minimum Gasteiger partial charge on any atom is -0.392 e. The van der Waals surface area contributed by atoms with Crippen LogP contribution in [0.1, 0.15) is 21.5 Å². The smallest absolute Gasteiger partial charge is 0.252 e. The highest BCUT2D eigenvalue weighted by atomic mass is 35.5. The molecule has 0 aliphatic rings. The first-order valence-electron chi connectivity index (χ1n) is 6.27. The largest absolute Gasteiger partial charge is 0.392 e. The van der Waals surface area contributed by atoms with Crippen LogP contribution in [0.3, 0.4) is 0 Å². The molecule has 2 N–H and O–H groups in total. The van der Waals surface area contributed by atoms with Gasteiger partial charge in [-0.1, -0.05) is 35.9 Å². The van der Waals surface area contributed by atoms with E-state index in [0.717, 1.165) is 17.5 Å². The SMILES string of the molecule is O=C(NCCc1ccc(CO)cc1)c1ccc(Cl)nc1. The van der Waals surface area contributed by atoms with Gasteiger partial charge in [0.15, 0.2) is 0 Å². The molecular formula is C15H15ClN2O2. The molecular weight excluding hydrogens is 276 g/mol. The first-order chi connectivity index (χ1) is 9.69. The Labute approximate surface area is 122 Å². The summed E-state index contributed by atoms with van der Waals surface area (Å²) in [6.45, 7) is 0.584. The molecule has 1 aromatic heterocycles. The lowest BCUT2D eigenvalue weighted by atomic mass is 10.1. The lowest BCUT2D eigenvalue weighted by molar-refractivity contribution is 0.0954. The maximum Gasteiger partial charge on any atom is 0.252 e. The first kappa shape index (κ1) is 14.5. The highest BCUT2D eigenvalue weighted by Crippen LogP contribution is 2.06. The fourth-order valence-electron chi connectivity index (χ4n) is 1.74. The summed E-state index contributed by atoms with van der Waals surface area (Å²) in [5, 5.41) is 12.1. The Morgan fingerprint density at radius 2 is 1.85 bits per heavy atom. The van der Waals surface area contributed by atoms with E-state index in [4.69, 9.17) is 16.7 Å². The zero-order valence-corrected chi connectivity index (χ0v) is 11.6. The number of halogens is 1. The van der Waals surface area contributed by atoms with Gasteiger partial charge < -0.3 is 10.4 Å². The summed E-state index contributed by atoms with van der Waals surface area (Å²) in [6, 6.07) is 10.9. The summed E-state index contributed by atoms with van der Waals surface area (Å²) in [5.41, 5.74) is 2.48. The second-order valence-electron chi connectivity index (χ2n) is 4.35. The molecule has 1 amide bonds. The number of nitrogens with one attached hydrogen (secondary N) is 1. The molecule has 0 aliphatic heterocycles. The number of carbonyl (C=O) groups excluding carboxylic acids is 1. The predicted molar refractivity (Wildman–Crippen MR) is 77.6 cm³/mol. The number of pyridine rings is 1. The molecule has 0 unspecified atom stereocenters. The number of hydrogen-bond acceptors (Lipinski definition) is 3. The number of aliphatic hydroxyl groups is 1. The average Bonchev–Trinajstić information content (AvgIpc) is 2.48. The van der Waals surface area contributed by atoms with Crippen LogP contribution in [-0.2, 0) is 13.0 Å². The maximum absolute atomic E-state index is 11.8. The molecule has 20 heavy (non-hydrogen) atoms. The monoisotopic (exact) mass is 290 g/mol. The topological polar surface area (TPSA) is 62.2 Å². The van der Waals surface area contributed by atoms with Crippen LogP contribution in [0.25, 0.3) is 0 Å². The zero-order valence-electron chi connectivity index (χ0n) is 10.8. The van der Waals surface area contributed by atoms with Gasteiger partial charge in [0.1, 0.15) is 5.15 Å². The minimum absolute atomic E-state index is 0.0422. The van der Waals surface area contributed by atoms with Gasteiger partial charge in [-0.25, -0.2) is 4.98 Å². The van der Waals surface area contributed by atoms with Crippen molar-refractivity contribution in [3.8, 4) is 0 Å². The van der Waals surface area contributed by atoms with Crippen molar-refractivity contribution in [3.63, 3.8) is 0 Å². The molecule has 4 nitrogen and oxygen atoms in total. The van der Waals surface area contributed by atoms with Crippen LogP contribution in [0.2, 0.25) is 5.15 Å². The Balaban J connectivity index is 1.82. The number of benzene rings is 1. The fraction of sp³-hybridized carbons (Fsp3) is 0.200. The molecule has 1 heterocycles. The lowest BCUT2D eigenvalue weighted by Gasteiger charge is -2.06. The van der Waals surface area contributed by atoms with Crippen LogP contribution in [0.4, 0.5) is 0 Å². The van der Waals surface area contributed by atoms with E-state index in [1.54, 1.807) is 12.1 Å². The number of amides is 1. The molecule has 1 aromatic carbocycles. The van der Waals surface area contributed by atoms with Gasteiger partial charge in [0.05, 0.1) is 12.2 Å². The Kier molecular flexibility index (Phi) is 5.09. The van der Waals surface area contributed by atoms with Crippen molar-refractivity contribution in [1.82, 2.24) is 10.3 Å². The van der Waals surface area contributed by atoms with Crippen molar-refractivity contribution < 1.29 is 9.90 Å². The van der Waals surface area contributed by atoms with Gasteiger partial charge in [-0.2, -0.15) is 0 Å². The molecule has 0 saturated carbocycles. The number of rotatable bonds is 5. The minimum atomic E-state index is -0.166. The van der Waals surface area contributed by atoms with Crippen LogP contribution in [0, 0.1) is 0 Å². The van der Waals surface area contributed by atoms with E-state index in [1.165, 1.54) is 6.20 Å². The molecule has 0 saturated heterocycles. The molecule has 104 valence electrons. The van der Waals surface area contributed by atoms with Gasteiger partial charge in [0.25, 0.3) is 5.91 Å². The highest BCUT2D eigenvalue weighted by Gasteiger charge is 2.05. The Hall–Kier alpha value is -1.91. The van der Waals surface area contributed by atoms with E-state index >= 15 is 0 Å². The predicted octanol–water partition coefficient (Wildman–Crippen LogP) is 2.20. The van der Waals surface area contributed by atoms with Crippen LogP contribution in [0.5, 0.6) is 0 Å². The third kappa shape index (κ3) is 4.05. The van der Waals surface area contributed by atoms with Crippen LogP contribution >= 0.6 is 11.6 Å². The quantitative estimate of drug-likeness (QED) is 0.830. The average molecular weight is 291 g/mol. The van der Waals surface area contributed by atoms with E-state index in [2.05, 4.69) is 10.3 Å². The van der Waals surface area contributed by atoms with E-state index < -0.39 is 0 Å². The molecule has 5 heteroatoms. The number of carbonyl (C=O) groups is 1. The standard InChI is InChI=1S/C15H15ClN2O2/c16-14-6-5-13(9-18-14)15(20)17-8-7-11-1-3-12(10-19)4-2-11/h1-6,9,19H,7-8,10H2,(H,17,20). The van der Waals surface area contributed by atoms with Gasteiger partial charge in [-0.15, -0.1) is 0 Å². The van der Waals surface area contributed by atoms with Gasteiger partial charge in [0.2, 0.25) is 0 Å². The van der Waals surface area contributed by atoms with Crippen LogP contribution in [0.15, 0.2) is 42.6 Å². The highest BCUT2D eigenvalue weighted by molar-refractivity contribution is 6.29. The van der Waals surface area contributed by atoms with E-state index in [9.17, 15) is 4.79 Å². The third-order valence-electron chi connectivity index (χ3n) is 2.89. The fourth-order valence-corrected chi connectivity index (χ4v) is 1.86. The molecule has 0 fully saturated rings. The first-order valence-corrected chi connectivity index (χ1v) is 6.65. The number of aromatic nitrogens is 1. The van der Waals surface area contributed by atoms with Crippen LogP contribution < -0.4 is 5.32 Å². The second-order valence-corrected chi connectivity index (χ2v) is 4.74. The molecule has 0 aliphatic carbocycles. The summed E-state index contributed by atoms with van der Waals surface area (Å²) in [4.78, 5) is 15.7. The third-order valence-corrected chi connectivity index (χ3v) is 3.12. The van der Waals surface area contributed by atoms with E-state index in [1.807, 2.05) is 24.3 Å². The summed E-state index contributed by atoms with van der Waals surface area (Å²) in [6.07, 6.45) is 2.19. The molecule has 0 spiro atoms. The molecule has 0 atom stereocenters. The Morgan fingerprint density at radius 3 is 2.45 bits per heavy atom. The van der Waals surface area contributed by atoms with E-state index in [0.29, 0.717) is 17.3 Å². The van der Waals surface area contributed by atoms with E-state index in [-0.39, 0.29) is 12.5 Å². The van der Waals surface area contributed by atoms with Gasteiger partial charge >= 0.3 is 0 Å². The van der Waals surface area contributed by atoms with Crippen molar-refractivity contribution in [2.75, 3.05) is 6.54 Å². The molecule has 2 aromatic rings.